The highest BCUT2D eigenvalue weighted by atomic mass is 32.2. The molecule has 65 heavy (non-hydrogen) atoms. The Morgan fingerprint density at radius 2 is 1.52 bits per heavy atom. The minimum atomic E-state index is -0.845. The first kappa shape index (κ1) is 47.8. The van der Waals surface area contributed by atoms with Crippen molar-refractivity contribution in [1.29, 1.82) is 0 Å². The van der Waals surface area contributed by atoms with Crippen LogP contribution in [0.5, 0.6) is 23.0 Å². The molecular formula is C48H58N8O8S. The molecule has 1 saturated heterocycles. The molecule has 0 unspecified atom stereocenters. The number of rotatable bonds is 19. The topological polar surface area (TPSA) is 196 Å². The summed E-state index contributed by atoms with van der Waals surface area (Å²) in [7, 11) is 3.09. The van der Waals surface area contributed by atoms with E-state index in [1.54, 1.807) is 55.8 Å². The van der Waals surface area contributed by atoms with Crippen LogP contribution in [0.25, 0.3) is 10.8 Å². The van der Waals surface area contributed by atoms with E-state index in [-0.39, 0.29) is 23.7 Å². The van der Waals surface area contributed by atoms with Crippen LogP contribution in [0.4, 0.5) is 33.4 Å². The predicted octanol–water partition coefficient (Wildman–Crippen LogP) is 8.94. The summed E-state index contributed by atoms with van der Waals surface area (Å²) in [6, 6.07) is 23.5. The average molecular weight is 907 g/mol. The standard InChI is InChI=1S/C48H58N8O8S/c1-48(2,3)31-27-38(45(63-5)39(28-31)54-65-6)53-47(61)52-37-17-18-40(35-12-8-7-11-34(35)37)64-33-19-20-49-42(30-33)51-32-15-16-36(41(29-32)62-4)46(60)50-21-22-55-23-25-56(26-24-55)43(57)13-9-10-14-44(58)59/h7-8,11-12,15-20,27-30,54H,9-10,13-14,21-26H2,1-6H3,(H,49,51)(H,50,60)(H,58,59)(H2,52,53,61). The number of hydrogen-bond acceptors (Lipinski definition) is 12. The second-order valence-corrected chi connectivity index (χ2v) is 17.1. The van der Waals surface area contributed by atoms with Gasteiger partial charge in [0.05, 0.1) is 36.8 Å². The van der Waals surface area contributed by atoms with Crippen molar-refractivity contribution in [2.24, 2.45) is 0 Å². The number of carbonyl (C=O) groups is 4. The molecule has 5 aromatic rings. The van der Waals surface area contributed by atoms with Gasteiger partial charge in [0.2, 0.25) is 5.91 Å². The Morgan fingerprint density at radius 1 is 0.800 bits per heavy atom. The number of carboxylic acid groups (broad SMARTS) is 1. The van der Waals surface area contributed by atoms with E-state index in [1.165, 1.54) is 19.1 Å². The summed E-state index contributed by atoms with van der Waals surface area (Å²) >= 11 is 1.44. The molecule has 2 heterocycles. The number of amides is 4. The number of ether oxygens (including phenoxy) is 3. The Bertz CT molecular complexity index is 2490. The van der Waals surface area contributed by atoms with Crippen molar-refractivity contribution in [2.75, 3.05) is 80.4 Å². The molecule has 344 valence electrons. The summed E-state index contributed by atoms with van der Waals surface area (Å²) in [5.41, 5.74) is 3.78. The highest BCUT2D eigenvalue weighted by molar-refractivity contribution is 7.99. The summed E-state index contributed by atoms with van der Waals surface area (Å²) < 4.78 is 21.0. The Morgan fingerprint density at radius 3 is 2.23 bits per heavy atom. The number of unbranched alkanes of at least 4 members (excludes halogenated alkanes) is 1. The fourth-order valence-corrected chi connectivity index (χ4v) is 7.81. The van der Waals surface area contributed by atoms with Crippen LogP contribution in [0.1, 0.15) is 62.4 Å². The number of hydrogen-bond donors (Lipinski definition) is 6. The van der Waals surface area contributed by atoms with Gasteiger partial charge in [0.15, 0.2) is 5.75 Å². The van der Waals surface area contributed by atoms with E-state index in [0.717, 1.165) is 22.0 Å². The maximum Gasteiger partial charge on any atom is 0.323 e. The van der Waals surface area contributed by atoms with Crippen LogP contribution >= 0.6 is 11.9 Å². The number of nitrogens with one attached hydrogen (secondary N) is 5. The van der Waals surface area contributed by atoms with E-state index in [2.05, 4.69) is 56.6 Å². The molecule has 1 aliphatic rings. The number of fused-ring (bicyclic) bond motifs is 1. The molecule has 16 nitrogen and oxygen atoms in total. The third-order valence-corrected chi connectivity index (χ3v) is 11.3. The van der Waals surface area contributed by atoms with Crippen molar-refractivity contribution in [3.63, 3.8) is 0 Å². The number of aromatic nitrogens is 1. The molecule has 0 aliphatic carbocycles. The summed E-state index contributed by atoms with van der Waals surface area (Å²) in [4.78, 5) is 58.5. The van der Waals surface area contributed by atoms with Gasteiger partial charge < -0.3 is 50.2 Å². The van der Waals surface area contributed by atoms with Crippen LogP contribution < -0.4 is 40.2 Å². The van der Waals surface area contributed by atoms with Gasteiger partial charge in [-0.25, -0.2) is 9.78 Å². The molecule has 1 fully saturated rings. The van der Waals surface area contributed by atoms with Crippen LogP contribution in [-0.4, -0.2) is 103 Å². The molecule has 6 N–H and O–H groups in total. The lowest BCUT2D eigenvalue weighted by molar-refractivity contribution is -0.138. The molecule has 1 aromatic heterocycles. The van der Waals surface area contributed by atoms with E-state index in [0.29, 0.717) is 110 Å². The number of aliphatic carboxylic acids is 1. The van der Waals surface area contributed by atoms with Gasteiger partial charge in [-0.3, -0.25) is 19.3 Å². The van der Waals surface area contributed by atoms with Crippen molar-refractivity contribution >= 4 is 75.1 Å². The lowest BCUT2D eigenvalue weighted by atomic mass is 9.86. The first-order valence-electron chi connectivity index (χ1n) is 21.5. The lowest BCUT2D eigenvalue weighted by Crippen LogP contribution is -2.50. The number of benzene rings is 4. The Balaban J connectivity index is 1.05. The summed E-state index contributed by atoms with van der Waals surface area (Å²) in [6.45, 7) is 9.99. The number of carbonyl (C=O) groups excluding carboxylic acids is 3. The van der Waals surface area contributed by atoms with Crippen molar-refractivity contribution < 1.29 is 38.5 Å². The van der Waals surface area contributed by atoms with Crippen molar-refractivity contribution in [3.05, 3.63) is 96.2 Å². The second-order valence-electron chi connectivity index (χ2n) is 16.5. The van der Waals surface area contributed by atoms with Crippen LogP contribution in [0.2, 0.25) is 0 Å². The summed E-state index contributed by atoms with van der Waals surface area (Å²) in [5.74, 6) is 1.46. The zero-order valence-corrected chi connectivity index (χ0v) is 38.5. The molecule has 0 atom stereocenters. The van der Waals surface area contributed by atoms with E-state index in [4.69, 9.17) is 19.3 Å². The second kappa shape index (κ2) is 22.3. The third kappa shape index (κ3) is 12.9. The van der Waals surface area contributed by atoms with Gasteiger partial charge in [0, 0.05) is 93.2 Å². The smallest absolute Gasteiger partial charge is 0.323 e. The Kier molecular flexibility index (Phi) is 16.4. The molecule has 1 aliphatic heterocycles. The number of carboxylic acids is 1. The van der Waals surface area contributed by atoms with Crippen LogP contribution in [0.3, 0.4) is 0 Å². The molecule has 17 heteroatoms. The fourth-order valence-electron chi connectivity index (χ4n) is 7.43. The lowest BCUT2D eigenvalue weighted by Gasteiger charge is -2.34. The minimum Gasteiger partial charge on any atom is -0.496 e. The molecule has 0 bridgehead atoms. The first-order chi connectivity index (χ1) is 31.3. The van der Waals surface area contributed by atoms with E-state index < -0.39 is 12.0 Å². The number of methoxy groups -OCH3 is 2. The van der Waals surface area contributed by atoms with Crippen LogP contribution in [-0.2, 0) is 15.0 Å². The van der Waals surface area contributed by atoms with E-state index in [9.17, 15) is 19.2 Å². The fraction of sp³-hybridized carbons (Fsp3) is 0.354. The number of pyridine rings is 1. The number of nitrogens with zero attached hydrogens (tertiary/aromatic N) is 3. The quantitative estimate of drug-likeness (QED) is 0.0340. The van der Waals surface area contributed by atoms with Crippen molar-refractivity contribution in [1.82, 2.24) is 20.1 Å². The molecule has 4 amide bonds. The molecule has 4 aromatic carbocycles. The van der Waals surface area contributed by atoms with E-state index >= 15 is 0 Å². The van der Waals surface area contributed by atoms with Crippen LogP contribution in [0.15, 0.2) is 85.1 Å². The van der Waals surface area contributed by atoms with Crippen LogP contribution in [0, 0.1) is 0 Å². The molecule has 0 saturated carbocycles. The zero-order valence-electron chi connectivity index (χ0n) is 37.7. The largest absolute Gasteiger partial charge is 0.496 e. The first-order valence-corrected chi connectivity index (χ1v) is 22.7. The van der Waals surface area contributed by atoms with Gasteiger partial charge in [0.1, 0.15) is 23.1 Å². The van der Waals surface area contributed by atoms with Gasteiger partial charge in [-0.1, -0.05) is 57.0 Å². The van der Waals surface area contributed by atoms with Gasteiger partial charge >= 0.3 is 12.0 Å². The van der Waals surface area contributed by atoms with Gasteiger partial charge in [-0.2, -0.15) is 0 Å². The summed E-state index contributed by atoms with van der Waals surface area (Å²) in [6.07, 6.45) is 5.06. The van der Waals surface area contributed by atoms with Crippen molar-refractivity contribution in [3.8, 4) is 23.0 Å². The van der Waals surface area contributed by atoms with Gasteiger partial charge in [-0.05, 0) is 66.3 Å². The number of piperazine rings is 1. The molecular weight excluding hydrogens is 849 g/mol. The zero-order chi connectivity index (χ0) is 46.5. The highest BCUT2D eigenvalue weighted by Crippen LogP contribution is 2.40. The number of urea groups is 1. The Labute approximate surface area is 383 Å². The maximum atomic E-state index is 13.5. The molecule has 0 spiro atoms. The predicted molar refractivity (Wildman–Crippen MR) is 257 cm³/mol. The average Bonchev–Trinajstić information content (AvgIpc) is 3.28. The highest BCUT2D eigenvalue weighted by Gasteiger charge is 2.23. The normalized spacial score (nSPS) is 12.9. The molecule has 0 radical (unpaired) electrons. The Hall–Kier alpha value is -6.72. The third-order valence-electron chi connectivity index (χ3n) is 10.9. The SMILES string of the molecule is COc1cc(Nc2cc(Oc3ccc(NC(=O)Nc4cc(C(C)(C)C)cc(NSC)c4OC)c4ccccc34)ccn2)ccc1C(=O)NCCN1CCN(C(=O)CCCCC(=O)O)CC1. The summed E-state index contributed by atoms with van der Waals surface area (Å²) in [5, 5.41) is 22.6. The minimum absolute atomic E-state index is 0.0540. The van der Waals surface area contributed by atoms with Crippen molar-refractivity contribution in [2.45, 2.75) is 51.9 Å². The van der Waals surface area contributed by atoms with Gasteiger partial charge in [0.25, 0.3) is 5.91 Å². The molecule has 6 rings (SSSR count). The van der Waals surface area contributed by atoms with Gasteiger partial charge in [-0.15, -0.1) is 0 Å². The maximum absolute atomic E-state index is 13.5. The van der Waals surface area contributed by atoms with E-state index in [1.807, 2.05) is 47.6 Å². The number of anilines is 5. The monoisotopic (exact) mass is 906 g/mol.